The van der Waals surface area contributed by atoms with Crippen LogP contribution < -0.4 is 5.43 Å². The number of amides is 1. The Balaban J connectivity index is 2.12. The van der Waals surface area contributed by atoms with Crippen molar-refractivity contribution < 1.29 is 14.1 Å². The standard InChI is InChI=1S/C13H17N3O3/c1-4-5-7-9-8(19-16-7)6-13(2,3)11-10(9)14-15-12(17)18-11/h11H,4-6H2,1-3H3,(H,15,17)/t11-/m0/s1. The minimum atomic E-state index is -0.501. The SMILES string of the molecule is CCCc1noc2c1C1=NNC(=O)O[C@@H]1C(C)(C)C2. The maximum atomic E-state index is 11.4. The maximum Gasteiger partial charge on any atom is 0.428 e. The van der Waals surface area contributed by atoms with Gasteiger partial charge in [0, 0.05) is 11.8 Å². The first-order valence-corrected chi connectivity index (χ1v) is 6.55. The molecule has 1 aliphatic carbocycles. The highest BCUT2D eigenvalue weighted by atomic mass is 16.6. The molecule has 6 heteroatoms. The van der Waals surface area contributed by atoms with E-state index in [4.69, 9.17) is 9.26 Å². The first kappa shape index (κ1) is 12.2. The Morgan fingerprint density at radius 2 is 2.26 bits per heavy atom. The number of nitrogens with zero attached hydrogens (tertiary/aromatic N) is 2. The molecule has 1 atom stereocenters. The zero-order valence-corrected chi connectivity index (χ0v) is 11.3. The molecule has 6 nitrogen and oxygen atoms in total. The Labute approximate surface area is 111 Å². The van der Waals surface area contributed by atoms with Gasteiger partial charge in [-0.05, 0) is 6.42 Å². The number of carbonyl (C=O) groups excluding carboxylic acids is 1. The van der Waals surface area contributed by atoms with E-state index in [-0.39, 0.29) is 11.5 Å². The monoisotopic (exact) mass is 263 g/mol. The molecule has 1 aliphatic heterocycles. The second kappa shape index (κ2) is 4.08. The Hall–Kier alpha value is -1.85. The summed E-state index contributed by atoms with van der Waals surface area (Å²) in [6.07, 6.45) is 1.66. The van der Waals surface area contributed by atoms with Crippen LogP contribution >= 0.6 is 0 Å². The highest BCUT2D eigenvalue weighted by molar-refractivity contribution is 6.08. The van der Waals surface area contributed by atoms with Gasteiger partial charge >= 0.3 is 6.09 Å². The Morgan fingerprint density at radius 1 is 1.47 bits per heavy atom. The van der Waals surface area contributed by atoms with Gasteiger partial charge in [-0.1, -0.05) is 32.3 Å². The van der Waals surface area contributed by atoms with E-state index in [1.165, 1.54) is 0 Å². The summed E-state index contributed by atoms with van der Waals surface area (Å²) in [4.78, 5) is 11.4. The third kappa shape index (κ3) is 1.82. The van der Waals surface area contributed by atoms with Crippen LogP contribution in [0.1, 0.15) is 44.2 Å². The fourth-order valence-corrected chi connectivity index (χ4v) is 2.76. The van der Waals surface area contributed by atoms with Gasteiger partial charge in [-0.3, -0.25) is 0 Å². The molecule has 2 aliphatic rings. The number of aromatic nitrogens is 1. The Morgan fingerprint density at radius 3 is 3.00 bits per heavy atom. The largest absolute Gasteiger partial charge is 0.438 e. The highest BCUT2D eigenvalue weighted by Crippen LogP contribution is 2.39. The van der Waals surface area contributed by atoms with Crippen LogP contribution in [0.25, 0.3) is 0 Å². The van der Waals surface area contributed by atoms with Crippen LogP contribution in [0.3, 0.4) is 0 Å². The number of rotatable bonds is 2. The lowest BCUT2D eigenvalue weighted by molar-refractivity contribution is 0.0511. The number of hydrogen-bond donors (Lipinski definition) is 1. The van der Waals surface area contributed by atoms with Crippen LogP contribution in [0.2, 0.25) is 0 Å². The molecule has 3 rings (SSSR count). The zero-order valence-electron chi connectivity index (χ0n) is 11.3. The van der Waals surface area contributed by atoms with Crippen molar-refractivity contribution in [1.29, 1.82) is 0 Å². The molecule has 0 aromatic carbocycles. The van der Waals surface area contributed by atoms with Crippen molar-refractivity contribution in [3.63, 3.8) is 0 Å². The summed E-state index contributed by atoms with van der Waals surface area (Å²) in [5.41, 5.74) is 4.69. The summed E-state index contributed by atoms with van der Waals surface area (Å²) < 4.78 is 10.9. The fourth-order valence-electron chi connectivity index (χ4n) is 2.76. The lowest BCUT2D eigenvalue weighted by Crippen LogP contribution is -2.50. The van der Waals surface area contributed by atoms with Gasteiger partial charge in [0.1, 0.15) is 11.5 Å². The molecule has 102 valence electrons. The number of fused-ring (bicyclic) bond motifs is 3. The van der Waals surface area contributed by atoms with E-state index in [1.807, 2.05) is 13.8 Å². The Kier molecular flexibility index (Phi) is 2.62. The van der Waals surface area contributed by atoms with Gasteiger partial charge in [-0.25, -0.2) is 10.2 Å². The number of ether oxygens (including phenoxy) is 1. The second-order valence-corrected chi connectivity index (χ2v) is 5.74. The summed E-state index contributed by atoms with van der Waals surface area (Å²) in [6.45, 7) is 6.17. The van der Waals surface area contributed by atoms with Gasteiger partial charge in [0.15, 0.2) is 6.10 Å². The van der Waals surface area contributed by atoms with Crippen LogP contribution in [0.4, 0.5) is 4.79 Å². The molecular formula is C13H17N3O3. The van der Waals surface area contributed by atoms with Crippen molar-refractivity contribution in [2.45, 2.75) is 46.1 Å². The van der Waals surface area contributed by atoms with E-state index in [2.05, 4.69) is 22.6 Å². The quantitative estimate of drug-likeness (QED) is 0.885. The van der Waals surface area contributed by atoms with Gasteiger partial charge in [0.2, 0.25) is 0 Å². The number of carbonyl (C=O) groups is 1. The summed E-state index contributed by atoms with van der Waals surface area (Å²) >= 11 is 0. The number of nitrogens with one attached hydrogen (secondary N) is 1. The summed E-state index contributed by atoms with van der Waals surface area (Å²) in [5, 5.41) is 8.32. The van der Waals surface area contributed by atoms with Crippen molar-refractivity contribution in [3.05, 3.63) is 17.0 Å². The number of hydrazone groups is 1. The molecule has 2 heterocycles. The molecule has 0 unspecified atom stereocenters. The summed E-state index contributed by atoms with van der Waals surface area (Å²) in [7, 11) is 0. The average molecular weight is 263 g/mol. The summed E-state index contributed by atoms with van der Waals surface area (Å²) in [6, 6.07) is 0. The van der Waals surface area contributed by atoms with Crippen LogP contribution in [0.15, 0.2) is 9.62 Å². The molecule has 0 fully saturated rings. The smallest absolute Gasteiger partial charge is 0.428 e. The van der Waals surface area contributed by atoms with Gasteiger partial charge < -0.3 is 9.26 Å². The topological polar surface area (TPSA) is 76.7 Å². The van der Waals surface area contributed by atoms with Crippen LogP contribution in [-0.2, 0) is 17.6 Å². The molecule has 1 amide bonds. The van der Waals surface area contributed by atoms with E-state index in [1.54, 1.807) is 0 Å². The van der Waals surface area contributed by atoms with E-state index in [0.717, 1.165) is 35.6 Å². The van der Waals surface area contributed by atoms with Gasteiger partial charge in [-0.15, -0.1) is 0 Å². The molecule has 0 saturated heterocycles. The lowest BCUT2D eigenvalue weighted by Gasteiger charge is -2.38. The second-order valence-electron chi connectivity index (χ2n) is 5.74. The first-order valence-electron chi connectivity index (χ1n) is 6.55. The van der Waals surface area contributed by atoms with Crippen LogP contribution in [0, 0.1) is 5.41 Å². The van der Waals surface area contributed by atoms with Crippen LogP contribution in [-0.4, -0.2) is 23.1 Å². The molecular weight excluding hydrogens is 246 g/mol. The van der Waals surface area contributed by atoms with E-state index in [0.29, 0.717) is 6.42 Å². The minimum Gasteiger partial charge on any atom is -0.438 e. The third-order valence-electron chi connectivity index (χ3n) is 3.64. The van der Waals surface area contributed by atoms with Crippen molar-refractivity contribution >= 4 is 11.8 Å². The molecule has 1 aromatic heterocycles. The first-order chi connectivity index (χ1) is 9.03. The highest BCUT2D eigenvalue weighted by Gasteiger charge is 2.47. The average Bonchev–Trinajstić information content (AvgIpc) is 2.72. The van der Waals surface area contributed by atoms with E-state index >= 15 is 0 Å². The normalized spacial score (nSPS) is 23.8. The summed E-state index contributed by atoms with van der Waals surface area (Å²) in [5.74, 6) is 0.836. The maximum absolute atomic E-state index is 11.4. The van der Waals surface area contributed by atoms with Gasteiger partial charge in [0.05, 0.1) is 11.3 Å². The van der Waals surface area contributed by atoms with Crippen molar-refractivity contribution in [3.8, 4) is 0 Å². The molecule has 19 heavy (non-hydrogen) atoms. The van der Waals surface area contributed by atoms with Gasteiger partial charge in [-0.2, -0.15) is 5.10 Å². The molecule has 0 radical (unpaired) electrons. The number of hydrogen-bond acceptors (Lipinski definition) is 5. The predicted octanol–water partition coefficient (Wildman–Crippen LogP) is 2.02. The lowest BCUT2D eigenvalue weighted by atomic mass is 9.72. The molecule has 0 bridgehead atoms. The Bertz CT molecular complexity index is 559. The van der Waals surface area contributed by atoms with Crippen molar-refractivity contribution in [2.24, 2.45) is 10.5 Å². The van der Waals surface area contributed by atoms with Crippen molar-refractivity contribution in [2.75, 3.05) is 0 Å². The van der Waals surface area contributed by atoms with Crippen molar-refractivity contribution in [1.82, 2.24) is 10.6 Å². The molecule has 1 N–H and O–H groups in total. The predicted molar refractivity (Wildman–Crippen MR) is 67.9 cm³/mol. The van der Waals surface area contributed by atoms with Gasteiger partial charge in [0.25, 0.3) is 0 Å². The molecule has 0 saturated carbocycles. The van der Waals surface area contributed by atoms with Crippen LogP contribution in [0.5, 0.6) is 0 Å². The third-order valence-corrected chi connectivity index (χ3v) is 3.64. The fraction of sp³-hybridized carbons (Fsp3) is 0.615. The van der Waals surface area contributed by atoms with E-state index in [9.17, 15) is 4.79 Å². The molecule has 0 spiro atoms. The molecule has 1 aromatic rings. The number of aryl methyl sites for hydroxylation is 1. The minimum absolute atomic E-state index is 0.243. The zero-order chi connectivity index (χ0) is 13.6. The van der Waals surface area contributed by atoms with E-state index < -0.39 is 6.09 Å².